The minimum absolute atomic E-state index is 1.24. The quantitative estimate of drug-likeness (QED) is 0.353. The van der Waals surface area contributed by atoms with E-state index < -0.39 is 6.04 Å². The van der Waals surface area contributed by atoms with E-state index in [1.165, 1.54) is 15.9 Å². The molecule has 3 aromatic rings. The predicted octanol–water partition coefficient (Wildman–Crippen LogP) is 5.17. The molecule has 0 saturated carbocycles. The van der Waals surface area contributed by atoms with Gasteiger partial charge in [0.25, 0.3) is 0 Å². The summed E-state index contributed by atoms with van der Waals surface area (Å²) in [5, 5.41) is 3.73. The molecule has 0 unspecified atom stereocenters. The van der Waals surface area contributed by atoms with Gasteiger partial charge in [0.1, 0.15) is 0 Å². The van der Waals surface area contributed by atoms with E-state index >= 15 is 0 Å². The Labute approximate surface area is 156 Å². The standard InChI is InChI=1S/C18H15PS.BrI/c20-19(16-10-4-1-5-11-16,17-12-6-2-7-13-17)18-14-8-3-9-15-18;1-2/h1-15H;. The van der Waals surface area contributed by atoms with Crippen LogP contribution in [0.4, 0.5) is 0 Å². The highest BCUT2D eigenvalue weighted by Gasteiger charge is 2.23. The fraction of sp³-hybridized carbons (Fsp3) is 0. The Balaban J connectivity index is 0.000000847. The average Bonchev–Trinajstić information content (AvgIpc) is 2.65. The van der Waals surface area contributed by atoms with Gasteiger partial charge in [-0.1, -0.05) is 103 Å². The summed E-state index contributed by atoms with van der Waals surface area (Å²) in [6.45, 7) is 0. The van der Waals surface area contributed by atoms with Crippen molar-refractivity contribution in [1.29, 1.82) is 0 Å². The number of rotatable bonds is 3. The van der Waals surface area contributed by atoms with Gasteiger partial charge in [0.15, 0.2) is 0 Å². The molecule has 0 nitrogen and oxygen atoms in total. The molecule has 0 radical (unpaired) electrons. The van der Waals surface area contributed by atoms with Crippen LogP contribution in [0.3, 0.4) is 0 Å². The molecule has 0 saturated heterocycles. The van der Waals surface area contributed by atoms with Crippen molar-refractivity contribution >= 4 is 66.8 Å². The van der Waals surface area contributed by atoms with Crippen molar-refractivity contribution in [3.8, 4) is 0 Å². The Morgan fingerprint density at radius 3 is 1.00 bits per heavy atom. The van der Waals surface area contributed by atoms with Crippen LogP contribution < -0.4 is 15.9 Å². The third-order valence-electron chi connectivity index (χ3n) is 3.36. The van der Waals surface area contributed by atoms with E-state index in [2.05, 4.69) is 85.5 Å². The van der Waals surface area contributed by atoms with Crippen LogP contribution in [0.1, 0.15) is 0 Å². The third-order valence-corrected chi connectivity index (χ3v) is 8.33. The van der Waals surface area contributed by atoms with E-state index in [1.54, 1.807) is 0 Å². The molecule has 0 amide bonds. The Hall–Kier alpha value is -0.480. The van der Waals surface area contributed by atoms with Crippen molar-refractivity contribution in [1.82, 2.24) is 0 Å². The Kier molecular flexibility index (Phi) is 7.29. The summed E-state index contributed by atoms with van der Waals surface area (Å²) < 4.78 is 0. The van der Waals surface area contributed by atoms with E-state index in [0.29, 0.717) is 0 Å². The summed E-state index contributed by atoms with van der Waals surface area (Å²) in [5.74, 6) is 0. The monoisotopic (exact) mass is 500 g/mol. The van der Waals surface area contributed by atoms with E-state index in [1.807, 2.05) is 38.6 Å². The van der Waals surface area contributed by atoms with Crippen molar-refractivity contribution in [2.75, 3.05) is 0 Å². The highest BCUT2D eigenvalue weighted by atomic mass is 127. The summed E-state index contributed by atoms with van der Waals surface area (Å²) in [5.41, 5.74) is 0. The average molecular weight is 501 g/mol. The zero-order chi connectivity index (χ0) is 15.8. The second-order valence-corrected chi connectivity index (χ2v) is 9.03. The second-order valence-electron chi connectivity index (χ2n) is 4.62. The van der Waals surface area contributed by atoms with Crippen molar-refractivity contribution in [3.05, 3.63) is 91.0 Å². The zero-order valence-corrected chi connectivity index (χ0v) is 17.2. The minimum Gasteiger partial charge on any atom is -0.0826 e. The van der Waals surface area contributed by atoms with Gasteiger partial charge >= 0.3 is 0 Å². The van der Waals surface area contributed by atoms with Crippen LogP contribution in [0.5, 0.6) is 0 Å². The molecule has 0 spiro atoms. The van der Waals surface area contributed by atoms with Gasteiger partial charge in [0.05, 0.1) is 0 Å². The van der Waals surface area contributed by atoms with Crippen LogP contribution in [0, 0.1) is 0 Å². The molecular weight excluding hydrogens is 486 g/mol. The van der Waals surface area contributed by atoms with Crippen LogP contribution in [0.25, 0.3) is 0 Å². The normalized spacial score (nSPS) is 10.5. The van der Waals surface area contributed by atoms with Crippen molar-refractivity contribution in [3.63, 3.8) is 0 Å². The first-order valence-electron chi connectivity index (χ1n) is 6.73. The number of halogens is 2. The summed E-state index contributed by atoms with van der Waals surface area (Å²) >= 11 is 11.1. The summed E-state index contributed by atoms with van der Waals surface area (Å²) in [6, 6.07) is 29.5. The van der Waals surface area contributed by atoms with Crippen molar-refractivity contribution < 1.29 is 0 Å². The van der Waals surface area contributed by atoms with E-state index in [0.717, 1.165) is 0 Å². The van der Waals surface area contributed by atoms with Gasteiger partial charge in [-0.05, 0) is 28.6 Å². The lowest BCUT2D eigenvalue weighted by molar-refractivity contribution is 1.73. The molecule has 3 aromatic carbocycles. The van der Waals surface area contributed by atoms with Gasteiger partial charge in [-0.2, -0.15) is 0 Å². The van der Waals surface area contributed by atoms with E-state index in [-0.39, 0.29) is 0 Å². The van der Waals surface area contributed by atoms with Gasteiger partial charge in [0.2, 0.25) is 0 Å². The summed E-state index contributed by atoms with van der Waals surface area (Å²) in [6.07, 6.45) is 0. The zero-order valence-electron chi connectivity index (χ0n) is 11.8. The first-order chi connectivity index (χ1) is 10.8. The Morgan fingerprint density at radius 2 is 0.773 bits per heavy atom. The van der Waals surface area contributed by atoms with Gasteiger partial charge in [-0.15, -0.1) is 0 Å². The van der Waals surface area contributed by atoms with Crippen LogP contribution in [-0.4, -0.2) is 0 Å². The molecule has 0 aliphatic heterocycles. The molecule has 3 rings (SSSR count). The predicted molar refractivity (Wildman–Crippen MR) is 115 cm³/mol. The van der Waals surface area contributed by atoms with E-state index in [4.69, 9.17) is 11.8 Å². The minimum atomic E-state index is -1.94. The third kappa shape index (κ3) is 3.88. The fourth-order valence-corrected chi connectivity index (χ4v) is 6.13. The highest BCUT2D eigenvalue weighted by Crippen LogP contribution is 2.42. The summed E-state index contributed by atoms with van der Waals surface area (Å²) in [7, 11) is 0. The molecule has 22 heavy (non-hydrogen) atoms. The molecule has 0 fully saturated rings. The number of hydrogen-bond acceptors (Lipinski definition) is 1. The largest absolute Gasteiger partial charge is 0.0826 e. The first kappa shape index (κ1) is 17.9. The maximum absolute atomic E-state index is 6.21. The molecule has 0 aliphatic carbocycles. The SMILES string of the molecule is BrI.S=P(c1ccccc1)(c1ccccc1)c1ccccc1. The maximum atomic E-state index is 6.21. The molecular formula is C18H15BrIPS. The van der Waals surface area contributed by atoms with E-state index in [9.17, 15) is 0 Å². The molecule has 0 atom stereocenters. The van der Waals surface area contributed by atoms with Gasteiger partial charge in [-0.3, -0.25) is 0 Å². The lowest BCUT2D eigenvalue weighted by Gasteiger charge is -2.23. The molecule has 0 N–H and O–H groups in total. The van der Waals surface area contributed by atoms with Crippen LogP contribution in [0.15, 0.2) is 91.0 Å². The smallest absolute Gasteiger partial charge is 0.0379 e. The first-order valence-corrected chi connectivity index (χ1v) is 14.4. The molecule has 0 aromatic heterocycles. The fourth-order valence-electron chi connectivity index (χ4n) is 2.36. The molecule has 112 valence electrons. The van der Waals surface area contributed by atoms with Gasteiger partial charge in [-0.25, -0.2) is 0 Å². The lowest BCUT2D eigenvalue weighted by atomic mass is 10.4. The van der Waals surface area contributed by atoms with Gasteiger partial charge < -0.3 is 0 Å². The highest BCUT2D eigenvalue weighted by molar-refractivity contribution is 14.2. The lowest BCUT2D eigenvalue weighted by Crippen LogP contribution is -2.24. The number of hydrogen-bond donors (Lipinski definition) is 0. The Bertz CT molecular complexity index is 629. The Morgan fingerprint density at radius 1 is 0.545 bits per heavy atom. The van der Waals surface area contributed by atoms with Crippen LogP contribution in [-0.2, 0) is 11.8 Å². The summed E-state index contributed by atoms with van der Waals surface area (Å²) in [4.78, 5) is 0. The van der Waals surface area contributed by atoms with Gasteiger partial charge in [0, 0.05) is 26.4 Å². The maximum Gasteiger partial charge on any atom is 0.0379 e. The second kappa shape index (κ2) is 8.97. The molecule has 0 heterocycles. The molecule has 4 heteroatoms. The van der Waals surface area contributed by atoms with Crippen LogP contribution >= 0.6 is 39.1 Å². The van der Waals surface area contributed by atoms with Crippen molar-refractivity contribution in [2.45, 2.75) is 0 Å². The van der Waals surface area contributed by atoms with Crippen LogP contribution in [0.2, 0.25) is 0 Å². The molecule has 0 aliphatic rings. The molecule has 0 bridgehead atoms. The van der Waals surface area contributed by atoms with Crippen molar-refractivity contribution in [2.24, 2.45) is 0 Å². The number of benzene rings is 3. The topological polar surface area (TPSA) is 0 Å².